The number of imidazole rings is 1. The largest absolute Gasteiger partial charge is 0.480 e. The normalized spacial score (nSPS) is 16.0. The number of piperidine rings is 1. The number of para-hydroxylation sites is 2. The summed E-state index contributed by atoms with van der Waals surface area (Å²) in [6.07, 6.45) is 1.37. The van der Waals surface area contributed by atoms with E-state index < -0.39 is 18.2 Å². The van der Waals surface area contributed by atoms with Crippen molar-refractivity contribution in [3.63, 3.8) is 0 Å². The molecule has 0 radical (unpaired) electrons. The van der Waals surface area contributed by atoms with Gasteiger partial charge in [-0.1, -0.05) is 12.1 Å². The Labute approximate surface area is 126 Å². The van der Waals surface area contributed by atoms with Crippen molar-refractivity contribution in [2.75, 3.05) is 13.1 Å². The van der Waals surface area contributed by atoms with E-state index in [1.54, 1.807) is 24.3 Å². The van der Waals surface area contributed by atoms with Crippen LogP contribution in [0.25, 0.3) is 11.0 Å². The van der Waals surface area contributed by atoms with E-state index in [0.29, 0.717) is 23.9 Å². The average Bonchev–Trinajstić information content (AvgIpc) is 2.80. The first-order chi connectivity index (χ1) is 10.6. The van der Waals surface area contributed by atoms with Gasteiger partial charge in [0.2, 0.25) is 5.91 Å². The molecule has 2 heterocycles. The van der Waals surface area contributed by atoms with Crippen LogP contribution < -0.4 is 11.0 Å². The van der Waals surface area contributed by atoms with Gasteiger partial charge in [0.25, 0.3) is 0 Å². The van der Waals surface area contributed by atoms with E-state index in [4.69, 9.17) is 5.11 Å². The fraction of sp³-hybridized carbons (Fsp3) is 0.400. The van der Waals surface area contributed by atoms with Gasteiger partial charge in [0.1, 0.15) is 6.54 Å². The zero-order valence-electron chi connectivity index (χ0n) is 12.0. The van der Waals surface area contributed by atoms with Gasteiger partial charge in [0.05, 0.1) is 11.0 Å². The Morgan fingerprint density at radius 2 is 1.82 bits per heavy atom. The summed E-state index contributed by atoms with van der Waals surface area (Å²) in [7, 11) is 0. The number of fused-ring (bicyclic) bond motifs is 1. The molecule has 0 bridgehead atoms. The van der Waals surface area contributed by atoms with Crippen molar-refractivity contribution in [3.8, 4) is 0 Å². The van der Waals surface area contributed by atoms with E-state index in [0.717, 1.165) is 22.2 Å². The van der Waals surface area contributed by atoms with Gasteiger partial charge in [0, 0.05) is 5.92 Å². The molecular weight excluding hydrogens is 286 g/mol. The van der Waals surface area contributed by atoms with Gasteiger partial charge in [-0.3, -0.25) is 14.2 Å². The molecular formula is C15H17N3O4. The third-order valence-electron chi connectivity index (χ3n) is 4.04. The summed E-state index contributed by atoms with van der Waals surface area (Å²) in [5.41, 5.74) is 0.363. The second-order valence-electron chi connectivity index (χ2n) is 5.45. The number of nitrogens with one attached hydrogen (secondary N) is 1. The second-order valence-corrected chi connectivity index (χ2v) is 5.45. The zero-order valence-corrected chi connectivity index (χ0v) is 12.0. The summed E-state index contributed by atoms with van der Waals surface area (Å²) in [6, 6.07) is 6.79. The molecule has 0 aliphatic carbocycles. The van der Waals surface area contributed by atoms with Crippen LogP contribution in [0.4, 0.5) is 0 Å². The van der Waals surface area contributed by atoms with Crippen LogP contribution in [0, 0.1) is 5.92 Å². The molecule has 7 heteroatoms. The Morgan fingerprint density at radius 3 is 2.45 bits per heavy atom. The van der Waals surface area contributed by atoms with Crippen molar-refractivity contribution in [3.05, 3.63) is 34.7 Å². The highest BCUT2D eigenvalue weighted by Gasteiger charge is 2.27. The molecule has 0 atom stereocenters. The first kappa shape index (κ1) is 14.5. The van der Waals surface area contributed by atoms with E-state index in [1.165, 1.54) is 0 Å². The van der Waals surface area contributed by atoms with Gasteiger partial charge in [-0.05, 0) is 38.1 Å². The topological polar surface area (TPSA) is 93.3 Å². The van der Waals surface area contributed by atoms with Crippen LogP contribution in [-0.2, 0) is 11.3 Å². The molecule has 0 spiro atoms. The highest BCUT2D eigenvalue weighted by atomic mass is 16.4. The maximum atomic E-state index is 12.7. The number of carboxylic acid groups (broad SMARTS) is 1. The van der Waals surface area contributed by atoms with Crippen LogP contribution >= 0.6 is 0 Å². The Bertz CT molecular complexity index is 784. The predicted molar refractivity (Wildman–Crippen MR) is 80.1 cm³/mol. The number of aliphatic carboxylic acids is 1. The van der Waals surface area contributed by atoms with Crippen molar-refractivity contribution in [2.45, 2.75) is 19.4 Å². The Morgan fingerprint density at radius 1 is 1.18 bits per heavy atom. The Balaban J connectivity index is 2.12. The SMILES string of the molecule is O=C(O)Cn1c(=O)n(C(=O)C2CCNCC2)c2ccccc21. The zero-order chi connectivity index (χ0) is 15.7. The number of hydrogen-bond donors (Lipinski definition) is 2. The van der Waals surface area contributed by atoms with E-state index >= 15 is 0 Å². The molecule has 7 nitrogen and oxygen atoms in total. The van der Waals surface area contributed by atoms with Gasteiger partial charge in [-0.15, -0.1) is 0 Å². The minimum absolute atomic E-state index is 0.206. The van der Waals surface area contributed by atoms with Crippen LogP contribution in [-0.4, -0.2) is 39.2 Å². The summed E-state index contributed by atoms with van der Waals surface area (Å²) in [5.74, 6) is -1.56. The smallest absolute Gasteiger partial charge is 0.336 e. The first-order valence-corrected chi connectivity index (χ1v) is 7.26. The predicted octanol–water partition coefficient (Wildman–Crippen LogP) is 0.527. The van der Waals surface area contributed by atoms with Crippen molar-refractivity contribution < 1.29 is 14.7 Å². The standard InChI is InChI=1S/C15H17N3O4/c19-13(20)9-17-11-3-1-2-4-12(11)18(15(17)22)14(21)10-5-7-16-8-6-10/h1-4,10,16H,5-9H2,(H,19,20). The summed E-state index contributed by atoms with van der Waals surface area (Å²) in [5, 5.41) is 12.2. The Kier molecular flexibility index (Phi) is 3.81. The molecule has 1 aliphatic rings. The molecule has 22 heavy (non-hydrogen) atoms. The third-order valence-corrected chi connectivity index (χ3v) is 4.04. The van der Waals surface area contributed by atoms with Crippen LogP contribution in [0.3, 0.4) is 0 Å². The van der Waals surface area contributed by atoms with Gasteiger partial charge in [-0.25, -0.2) is 9.36 Å². The van der Waals surface area contributed by atoms with Crippen LogP contribution in [0.1, 0.15) is 17.6 Å². The number of carboxylic acids is 1. The second kappa shape index (κ2) is 5.76. The molecule has 0 saturated carbocycles. The number of benzene rings is 1. The maximum absolute atomic E-state index is 12.7. The monoisotopic (exact) mass is 303 g/mol. The quantitative estimate of drug-likeness (QED) is 0.862. The lowest BCUT2D eigenvalue weighted by molar-refractivity contribution is -0.137. The molecule has 2 N–H and O–H groups in total. The number of aromatic nitrogens is 2. The molecule has 1 fully saturated rings. The summed E-state index contributed by atoms with van der Waals surface area (Å²) in [6.45, 7) is 1.05. The van der Waals surface area contributed by atoms with E-state index in [1.807, 2.05) is 0 Å². The molecule has 1 aromatic carbocycles. The number of hydrogen-bond acceptors (Lipinski definition) is 4. The van der Waals surface area contributed by atoms with Gasteiger partial charge < -0.3 is 10.4 Å². The minimum atomic E-state index is -1.11. The van der Waals surface area contributed by atoms with Crippen LogP contribution in [0.15, 0.2) is 29.1 Å². The van der Waals surface area contributed by atoms with Gasteiger partial charge in [0.15, 0.2) is 0 Å². The maximum Gasteiger partial charge on any atom is 0.336 e. The van der Waals surface area contributed by atoms with Crippen LogP contribution in [0.5, 0.6) is 0 Å². The van der Waals surface area contributed by atoms with Crippen molar-refractivity contribution in [1.82, 2.24) is 14.5 Å². The molecule has 116 valence electrons. The minimum Gasteiger partial charge on any atom is -0.480 e. The van der Waals surface area contributed by atoms with Crippen molar-refractivity contribution in [2.24, 2.45) is 5.92 Å². The lowest BCUT2D eigenvalue weighted by atomic mass is 9.97. The summed E-state index contributed by atoms with van der Waals surface area (Å²) >= 11 is 0. The molecule has 1 aromatic heterocycles. The fourth-order valence-corrected chi connectivity index (χ4v) is 2.96. The Hall–Kier alpha value is -2.41. The summed E-state index contributed by atoms with van der Waals surface area (Å²) < 4.78 is 2.27. The van der Waals surface area contributed by atoms with Gasteiger partial charge in [-0.2, -0.15) is 0 Å². The summed E-state index contributed by atoms with van der Waals surface area (Å²) in [4.78, 5) is 36.2. The number of nitrogens with zero attached hydrogens (tertiary/aromatic N) is 2. The van der Waals surface area contributed by atoms with Crippen molar-refractivity contribution >= 4 is 22.9 Å². The molecule has 1 aliphatic heterocycles. The molecule has 3 rings (SSSR count). The lowest BCUT2D eigenvalue weighted by Crippen LogP contribution is -2.38. The van der Waals surface area contributed by atoms with Crippen molar-refractivity contribution in [1.29, 1.82) is 0 Å². The number of carbonyl (C=O) groups excluding carboxylic acids is 1. The molecule has 0 unspecified atom stereocenters. The molecule has 1 saturated heterocycles. The van der Waals surface area contributed by atoms with E-state index in [2.05, 4.69) is 5.32 Å². The molecule has 0 amide bonds. The van der Waals surface area contributed by atoms with Crippen LogP contribution in [0.2, 0.25) is 0 Å². The first-order valence-electron chi connectivity index (χ1n) is 7.26. The number of rotatable bonds is 3. The average molecular weight is 303 g/mol. The van der Waals surface area contributed by atoms with E-state index in [-0.39, 0.29) is 11.8 Å². The fourth-order valence-electron chi connectivity index (χ4n) is 2.96. The highest BCUT2D eigenvalue weighted by Crippen LogP contribution is 2.18. The highest BCUT2D eigenvalue weighted by molar-refractivity contribution is 5.92. The third kappa shape index (κ3) is 2.43. The lowest BCUT2D eigenvalue weighted by Gasteiger charge is -2.21. The van der Waals surface area contributed by atoms with Gasteiger partial charge >= 0.3 is 11.7 Å². The van der Waals surface area contributed by atoms with E-state index in [9.17, 15) is 14.4 Å². The molecule has 2 aromatic rings. The number of carbonyl (C=O) groups is 2.